The Morgan fingerprint density at radius 2 is 1.89 bits per heavy atom. The third-order valence-electron chi connectivity index (χ3n) is 8.40. The zero-order valence-electron chi connectivity index (χ0n) is 20.4. The fourth-order valence-electron chi connectivity index (χ4n) is 6.75. The Morgan fingerprint density at radius 1 is 1.14 bits per heavy atom. The molecule has 0 spiro atoms. The van der Waals surface area contributed by atoms with Gasteiger partial charge in [0.25, 0.3) is 0 Å². The van der Waals surface area contributed by atoms with E-state index in [1.54, 1.807) is 4.90 Å². The number of nitrogens with zero attached hydrogens (tertiary/aromatic N) is 3. The lowest BCUT2D eigenvalue weighted by atomic mass is 9.78. The average molecular weight is 507 g/mol. The van der Waals surface area contributed by atoms with Crippen LogP contribution in [0.15, 0.2) is 17.8 Å². The lowest BCUT2D eigenvalue weighted by molar-refractivity contribution is -0.137. The van der Waals surface area contributed by atoms with Crippen LogP contribution in [-0.4, -0.2) is 51.9 Å². The zero-order valence-corrected chi connectivity index (χ0v) is 20.4. The molecule has 0 radical (unpaired) electrons. The van der Waals surface area contributed by atoms with Crippen molar-refractivity contribution in [1.82, 2.24) is 14.9 Å². The number of hydrogen-bond donors (Lipinski definition) is 3. The highest BCUT2D eigenvalue weighted by Crippen LogP contribution is 2.53. The van der Waals surface area contributed by atoms with Gasteiger partial charge in [0.2, 0.25) is 17.8 Å². The molecule has 5 rings (SSSR count). The monoisotopic (exact) mass is 506 g/mol. The molecule has 2 amide bonds. The van der Waals surface area contributed by atoms with E-state index in [1.165, 1.54) is 25.3 Å². The van der Waals surface area contributed by atoms with Crippen molar-refractivity contribution >= 4 is 23.6 Å². The van der Waals surface area contributed by atoms with Gasteiger partial charge >= 0.3 is 6.18 Å². The number of alkyl halides is 3. The van der Waals surface area contributed by atoms with Crippen LogP contribution in [0.5, 0.6) is 0 Å². The zero-order chi connectivity index (χ0) is 25.6. The molecule has 0 unspecified atom stereocenters. The highest BCUT2D eigenvalue weighted by Gasteiger charge is 2.53. The molecule has 3 aliphatic carbocycles. The third-order valence-corrected chi connectivity index (χ3v) is 8.40. The summed E-state index contributed by atoms with van der Waals surface area (Å²) in [7, 11) is 0. The molecular weight excluding hydrogens is 473 g/mol. The molecule has 36 heavy (non-hydrogen) atoms. The Hall–Kier alpha value is -2.85. The summed E-state index contributed by atoms with van der Waals surface area (Å²) in [6.45, 7) is 2.59. The second-order valence-electron chi connectivity index (χ2n) is 10.7. The van der Waals surface area contributed by atoms with Crippen LogP contribution in [0.25, 0.3) is 0 Å². The Balaban J connectivity index is 1.39. The summed E-state index contributed by atoms with van der Waals surface area (Å²) >= 11 is 0. The van der Waals surface area contributed by atoms with Crippen molar-refractivity contribution in [3.8, 4) is 0 Å². The third kappa shape index (κ3) is 4.76. The van der Waals surface area contributed by atoms with Crippen molar-refractivity contribution < 1.29 is 22.8 Å². The SMILES string of the molecule is CC(=O)N1CCC[C@H](Nc2ncc(C(F)(F)F)c(N[C@@H]3[C@H](C(N)=O)[C@@H]4C[C@H]3C=C4C3CCCC3)n2)C1. The van der Waals surface area contributed by atoms with Crippen LogP contribution >= 0.6 is 0 Å². The van der Waals surface area contributed by atoms with Crippen LogP contribution < -0.4 is 16.4 Å². The minimum atomic E-state index is -4.66. The lowest BCUT2D eigenvalue weighted by Crippen LogP contribution is -2.44. The summed E-state index contributed by atoms with van der Waals surface area (Å²) in [6, 6.07) is -0.714. The minimum absolute atomic E-state index is 0.0262. The number of hydrogen-bond acceptors (Lipinski definition) is 6. The number of carbonyl (C=O) groups is 2. The van der Waals surface area contributed by atoms with Gasteiger partial charge in [-0.15, -0.1) is 0 Å². The van der Waals surface area contributed by atoms with Gasteiger partial charge < -0.3 is 21.3 Å². The molecule has 1 aromatic heterocycles. The predicted octanol–water partition coefficient (Wildman–Crippen LogP) is 3.57. The summed E-state index contributed by atoms with van der Waals surface area (Å²) in [5, 5.41) is 6.07. The van der Waals surface area contributed by atoms with E-state index < -0.39 is 29.6 Å². The van der Waals surface area contributed by atoms with Crippen LogP contribution in [0, 0.1) is 23.7 Å². The minimum Gasteiger partial charge on any atom is -0.369 e. The second-order valence-corrected chi connectivity index (χ2v) is 10.7. The Morgan fingerprint density at radius 3 is 2.56 bits per heavy atom. The molecule has 5 atom stereocenters. The molecule has 1 aliphatic heterocycles. The molecule has 1 saturated heterocycles. The quantitative estimate of drug-likeness (QED) is 0.509. The van der Waals surface area contributed by atoms with Crippen molar-refractivity contribution in [3.63, 3.8) is 0 Å². The largest absolute Gasteiger partial charge is 0.421 e. The number of halogens is 3. The van der Waals surface area contributed by atoms with Crippen LogP contribution in [-0.2, 0) is 15.8 Å². The average Bonchev–Trinajstić information content (AvgIpc) is 3.55. The topological polar surface area (TPSA) is 113 Å². The standard InChI is InChI=1S/C25H33F3N6O2/c1-13(35)34-8-4-7-16(12-34)31-24-30-11-19(25(26,27)28)23(33-24)32-21-15-9-17(14-5-2-3-6-14)18(10-15)20(21)22(29)36/h9,11,14-16,18,20-21H,2-8,10,12H2,1H3,(H2,29,36)(H2,30,31,32,33)/t15-,16+,18-,20-,21+/m1/s1. The molecule has 4 N–H and O–H groups in total. The van der Waals surface area contributed by atoms with Gasteiger partial charge in [-0.1, -0.05) is 24.5 Å². The van der Waals surface area contributed by atoms with Crippen molar-refractivity contribution in [3.05, 3.63) is 23.4 Å². The molecule has 196 valence electrons. The first-order chi connectivity index (χ1) is 17.1. The number of aromatic nitrogens is 2. The van der Waals surface area contributed by atoms with E-state index in [9.17, 15) is 22.8 Å². The van der Waals surface area contributed by atoms with Gasteiger partial charge in [0.05, 0.1) is 5.92 Å². The molecule has 4 aliphatic rings. The van der Waals surface area contributed by atoms with E-state index in [1.807, 2.05) is 0 Å². The predicted molar refractivity (Wildman–Crippen MR) is 128 cm³/mol. The molecule has 2 bridgehead atoms. The van der Waals surface area contributed by atoms with Gasteiger partial charge in [-0.25, -0.2) is 4.98 Å². The van der Waals surface area contributed by atoms with Crippen LogP contribution in [0.1, 0.15) is 57.4 Å². The number of piperidine rings is 1. The lowest BCUT2D eigenvalue weighted by Gasteiger charge is -2.33. The van der Waals surface area contributed by atoms with Gasteiger partial charge in [-0.3, -0.25) is 9.59 Å². The van der Waals surface area contributed by atoms with Crippen LogP contribution in [0.3, 0.4) is 0 Å². The van der Waals surface area contributed by atoms with E-state index in [0.717, 1.165) is 38.3 Å². The van der Waals surface area contributed by atoms with Gasteiger partial charge in [0.1, 0.15) is 11.4 Å². The maximum Gasteiger partial charge on any atom is 0.421 e. The number of amides is 2. The van der Waals surface area contributed by atoms with Crippen LogP contribution in [0.2, 0.25) is 0 Å². The fourth-order valence-corrected chi connectivity index (χ4v) is 6.75. The van der Waals surface area contributed by atoms with Gasteiger partial charge in [-0.05, 0) is 49.9 Å². The smallest absolute Gasteiger partial charge is 0.369 e. The number of nitrogens with two attached hydrogens (primary N) is 1. The van der Waals surface area contributed by atoms with E-state index in [4.69, 9.17) is 5.73 Å². The Bertz CT molecular complexity index is 1050. The number of anilines is 2. The number of rotatable bonds is 6. The molecule has 0 aromatic carbocycles. The maximum absolute atomic E-state index is 13.9. The Kier molecular flexibility index (Phi) is 6.59. The molecule has 11 heteroatoms. The number of likely N-dealkylation sites (tertiary alicyclic amines) is 1. The normalized spacial score (nSPS) is 30.4. The number of primary amides is 1. The van der Waals surface area contributed by atoms with Crippen molar-refractivity contribution in [2.24, 2.45) is 29.4 Å². The highest BCUT2D eigenvalue weighted by atomic mass is 19.4. The maximum atomic E-state index is 13.9. The fraction of sp³-hybridized carbons (Fsp3) is 0.680. The van der Waals surface area contributed by atoms with Gasteiger partial charge in [-0.2, -0.15) is 18.2 Å². The van der Waals surface area contributed by atoms with Gasteiger partial charge in [0.15, 0.2) is 0 Å². The van der Waals surface area contributed by atoms with Crippen molar-refractivity contribution in [2.45, 2.75) is 70.1 Å². The van der Waals surface area contributed by atoms with Crippen molar-refractivity contribution in [2.75, 3.05) is 23.7 Å². The summed E-state index contributed by atoms with van der Waals surface area (Å²) in [5.74, 6) is -1.05. The summed E-state index contributed by atoms with van der Waals surface area (Å²) < 4.78 is 41.6. The molecular formula is C25H33F3N6O2. The van der Waals surface area contributed by atoms with E-state index in [0.29, 0.717) is 19.0 Å². The van der Waals surface area contributed by atoms with E-state index >= 15 is 0 Å². The first-order valence-corrected chi connectivity index (χ1v) is 12.9. The van der Waals surface area contributed by atoms with Crippen molar-refractivity contribution in [1.29, 1.82) is 0 Å². The van der Waals surface area contributed by atoms with E-state index in [2.05, 4.69) is 26.7 Å². The number of allylic oxidation sites excluding steroid dienone is 1. The second kappa shape index (κ2) is 9.55. The number of fused-ring (bicyclic) bond motifs is 2. The Labute approximate surface area is 208 Å². The number of carbonyl (C=O) groups excluding carboxylic acids is 2. The first kappa shape index (κ1) is 24.8. The molecule has 2 saturated carbocycles. The summed E-state index contributed by atoms with van der Waals surface area (Å²) in [6.07, 6.45) is 5.06. The van der Waals surface area contributed by atoms with E-state index in [-0.39, 0.29) is 35.6 Å². The van der Waals surface area contributed by atoms with Gasteiger partial charge in [0, 0.05) is 38.3 Å². The molecule has 3 fully saturated rings. The molecule has 8 nitrogen and oxygen atoms in total. The highest BCUT2D eigenvalue weighted by molar-refractivity contribution is 5.80. The first-order valence-electron chi connectivity index (χ1n) is 12.9. The number of nitrogens with one attached hydrogen (secondary N) is 2. The summed E-state index contributed by atoms with van der Waals surface area (Å²) in [5.41, 5.74) is 6.09. The summed E-state index contributed by atoms with van der Waals surface area (Å²) in [4.78, 5) is 34.1. The molecule has 2 heterocycles. The molecule has 1 aromatic rings. The van der Waals surface area contributed by atoms with Crippen LogP contribution in [0.4, 0.5) is 24.9 Å².